The lowest BCUT2D eigenvalue weighted by molar-refractivity contribution is -0.685. The van der Waals surface area contributed by atoms with Crippen LogP contribution in [0.2, 0.25) is 0 Å². The molecule has 0 saturated heterocycles. The Morgan fingerprint density at radius 2 is 1.49 bits per heavy atom. The number of carbonyl (C=O) groups excluding carboxylic acids is 2. The molecule has 0 aliphatic rings. The fourth-order valence-corrected chi connectivity index (χ4v) is 3.74. The van der Waals surface area contributed by atoms with E-state index in [-0.39, 0.29) is 12.1 Å². The van der Waals surface area contributed by atoms with E-state index in [1.165, 1.54) is 15.2 Å². The zero-order valence-corrected chi connectivity index (χ0v) is 21.5. The molecule has 0 aliphatic carbocycles. The van der Waals surface area contributed by atoms with Crippen molar-refractivity contribution in [3.05, 3.63) is 72.4 Å². The molecule has 1 heterocycles. The van der Waals surface area contributed by atoms with E-state index in [9.17, 15) is 9.59 Å². The molecule has 7 heteroatoms. The van der Waals surface area contributed by atoms with Crippen LogP contribution in [-0.4, -0.2) is 54.8 Å². The van der Waals surface area contributed by atoms with E-state index in [4.69, 9.17) is 9.47 Å². The molecule has 0 fully saturated rings. The van der Waals surface area contributed by atoms with Gasteiger partial charge in [0.05, 0.1) is 0 Å². The largest absolute Gasteiger partial charge is 0.444 e. The molecule has 35 heavy (non-hydrogen) atoms. The first-order chi connectivity index (χ1) is 16.5. The molecule has 0 aliphatic heterocycles. The predicted octanol–water partition coefficient (Wildman–Crippen LogP) is 5.42. The maximum absolute atomic E-state index is 12.5. The Morgan fingerprint density at radius 1 is 0.886 bits per heavy atom. The van der Waals surface area contributed by atoms with Gasteiger partial charge in [-0.15, -0.1) is 0 Å². The van der Waals surface area contributed by atoms with E-state index in [2.05, 4.69) is 42.0 Å². The molecule has 0 bridgehead atoms. The smallest absolute Gasteiger partial charge is 0.414 e. The highest BCUT2D eigenvalue weighted by Gasteiger charge is 2.21. The summed E-state index contributed by atoms with van der Waals surface area (Å²) in [5, 5.41) is 1.19. The fraction of sp³-hybridized carbons (Fsp3) is 0.393. The van der Waals surface area contributed by atoms with Crippen molar-refractivity contribution in [2.24, 2.45) is 0 Å². The van der Waals surface area contributed by atoms with Crippen molar-refractivity contribution in [3.8, 4) is 5.75 Å². The van der Waals surface area contributed by atoms with Crippen LogP contribution in [-0.2, 0) is 4.74 Å². The summed E-state index contributed by atoms with van der Waals surface area (Å²) in [5.74, 6) is 0.492. The molecule has 0 saturated carbocycles. The lowest BCUT2D eigenvalue weighted by atomic mass is 10.1. The fourth-order valence-electron chi connectivity index (χ4n) is 3.74. The van der Waals surface area contributed by atoms with Crippen molar-refractivity contribution in [1.82, 2.24) is 9.80 Å². The zero-order valence-electron chi connectivity index (χ0n) is 21.5. The number of amides is 2. The van der Waals surface area contributed by atoms with Gasteiger partial charge in [0.2, 0.25) is 5.52 Å². The first-order valence-corrected chi connectivity index (χ1v) is 11.9. The molecule has 3 rings (SSSR count). The molecule has 0 spiro atoms. The number of pyridine rings is 1. The summed E-state index contributed by atoms with van der Waals surface area (Å²) in [5.41, 5.74) is 1.74. The van der Waals surface area contributed by atoms with Gasteiger partial charge in [-0.3, -0.25) is 0 Å². The van der Waals surface area contributed by atoms with Gasteiger partial charge in [-0.25, -0.2) is 9.59 Å². The second kappa shape index (κ2) is 11.2. The molecule has 7 nitrogen and oxygen atoms in total. The molecule has 0 N–H and O–H groups in total. The molecule has 1 unspecified atom stereocenters. The maximum Gasteiger partial charge on any atom is 0.414 e. The number of para-hydroxylation sites is 1. The van der Waals surface area contributed by atoms with Crippen LogP contribution in [0, 0.1) is 0 Å². The highest BCUT2D eigenvalue weighted by atomic mass is 16.6. The molecule has 1 atom stereocenters. The van der Waals surface area contributed by atoms with Gasteiger partial charge in [-0.1, -0.05) is 12.1 Å². The van der Waals surface area contributed by atoms with Crippen LogP contribution in [0.4, 0.5) is 9.59 Å². The van der Waals surface area contributed by atoms with Gasteiger partial charge >= 0.3 is 12.2 Å². The number of carbonyl (C=O) groups is 2. The van der Waals surface area contributed by atoms with Crippen LogP contribution >= 0.6 is 0 Å². The highest BCUT2D eigenvalue weighted by molar-refractivity contribution is 5.75. The summed E-state index contributed by atoms with van der Waals surface area (Å²) in [6.07, 6.45) is 1.88. The van der Waals surface area contributed by atoms with Crippen molar-refractivity contribution >= 4 is 23.1 Å². The summed E-state index contributed by atoms with van der Waals surface area (Å²) in [6, 6.07) is 20.2. The van der Waals surface area contributed by atoms with Crippen LogP contribution in [0.3, 0.4) is 0 Å². The average molecular weight is 479 g/mol. The molecule has 1 aromatic heterocycles. The number of benzene rings is 2. The quantitative estimate of drug-likeness (QED) is 0.425. The summed E-state index contributed by atoms with van der Waals surface area (Å²) >= 11 is 0. The first-order valence-electron chi connectivity index (χ1n) is 11.9. The first kappa shape index (κ1) is 26.0. The zero-order chi connectivity index (χ0) is 25.6. The number of fused-ring (bicyclic) bond motifs is 1. The molecule has 2 aromatic carbocycles. The normalized spacial score (nSPS) is 12.2. The lowest BCUT2D eigenvalue weighted by Gasteiger charge is -2.25. The Hall–Kier alpha value is -3.61. The Morgan fingerprint density at radius 3 is 2.14 bits per heavy atom. The van der Waals surface area contributed by atoms with Gasteiger partial charge in [0.1, 0.15) is 11.4 Å². The van der Waals surface area contributed by atoms with Crippen LogP contribution < -0.4 is 9.30 Å². The van der Waals surface area contributed by atoms with Crippen molar-refractivity contribution in [3.63, 3.8) is 0 Å². The molecular formula is C28H36N3O4+. The number of ether oxygens (including phenoxy) is 2. The number of aromatic nitrogens is 1. The number of hydrogen-bond donors (Lipinski definition) is 0. The summed E-state index contributed by atoms with van der Waals surface area (Å²) in [6.45, 7) is 8.58. The van der Waals surface area contributed by atoms with Gasteiger partial charge < -0.3 is 19.3 Å². The van der Waals surface area contributed by atoms with E-state index >= 15 is 0 Å². The van der Waals surface area contributed by atoms with E-state index in [0.717, 1.165) is 11.1 Å². The Balaban J connectivity index is 1.52. The highest BCUT2D eigenvalue weighted by Crippen LogP contribution is 2.20. The molecule has 0 radical (unpaired) electrons. The number of rotatable bonds is 7. The predicted molar refractivity (Wildman–Crippen MR) is 137 cm³/mol. The second-order valence-electron chi connectivity index (χ2n) is 9.76. The van der Waals surface area contributed by atoms with Crippen LogP contribution in [0.15, 0.2) is 66.9 Å². The van der Waals surface area contributed by atoms with Crippen LogP contribution in [0.1, 0.15) is 45.7 Å². The molecule has 3 aromatic rings. The van der Waals surface area contributed by atoms with Gasteiger partial charge in [0.15, 0.2) is 12.2 Å². The SMILES string of the molecule is CC(c1ccc(OC(=O)N(C)CCCN(C)C(=O)OC(C)(C)C)cc1)[n+]1cccc2ccccc21. The van der Waals surface area contributed by atoms with E-state index in [1.807, 2.05) is 57.2 Å². The van der Waals surface area contributed by atoms with Crippen LogP contribution in [0.25, 0.3) is 10.9 Å². The second-order valence-corrected chi connectivity index (χ2v) is 9.76. The number of hydrogen-bond acceptors (Lipinski definition) is 4. The number of nitrogens with zero attached hydrogens (tertiary/aromatic N) is 3. The van der Waals surface area contributed by atoms with Crippen molar-refractivity contribution < 1.29 is 23.6 Å². The topological polar surface area (TPSA) is 63.0 Å². The monoisotopic (exact) mass is 478 g/mol. The third kappa shape index (κ3) is 7.18. The Bertz CT molecular complexity index is 1150. The minimum atomic E-state index is -0.535. The van der Waals surface area contributed by atoms with Crippen molar-refractivity contribution in [2.75, 3.05) is 27.2 Å². The van der Waals surface area contributed by atoms with Crippen LogP contribution in [0.5, 0.6) is 5.75 Å². The average Bonchev–Trinajstić information content (AvgIpc) is 2.82. The Kier molecular flexibility index (Phi) is 8.33. The molecular weight excluding hydrogens is 442 g/mol. The van der Waals surface area contributed by atoms with Crippen molar-refractivity contribution in [1.29, 1.82) is 0 Å². The van der Waals surface area contributed by atoms with Gasteiger partial charge in [-0.2, -0.15) is 4.57 Å². The summed E-state index contributed by atoms with van der Waals surface area (Å²) < 4.78 is 13.1. The lowest BCUT2D eigenvalue weighted by Crippen LogP contribution is -2.38. The van der Waals surface area contributed by atoms with E-state index < -0.39 is 11.7 Å². The van der Waals surface area contributed by atoms with Gasteiger partial charge in [0.25, 0.3) is 0 Å². The minimum absolute atomic E-state index is 0.121. The van der Waals surface area contributed by atoms with Gasteiger partial charge in [-0.05, 0) is 63.6 Å². The minimum Gasteiger partial charge on any atom is -0.444 e. The maximum atomic E-state index is 12.5. The van der Waals surface area contributed by atoms with E-state index in [0.29, 0.717) is 25.3 Å². The third-order valence-electron chi connectivity index (χ3n) is 5.73. The summed E-state index contributed by atoms with van der Waals surface area (Å²) in [4.78, 5) is 27.5. The molecule has 186 valence electrons. The third-order valence-corrected chi connectivity index (χ3v) is 5.73. The molecule has 2 amide bonds. The standard InChI is InChI=1S/C28H36N3O4/c1-21(31-20-9-12-23-11-7-8-13-25(23)31)22-14-16-24(17-15-22)34-26(32)29(5)18-10-19-30(6)27(33)35-28(2,3)4/h7-9,11-17,20-21H,10,18-19H2,1-6H3/q+1. The summed E-state index contributed by atoms with van der Waals surface area (Å²) in [7, 11) is 3.37. The Labute approximate surface area is 207 Å². The van der Waals surface area contributed by atoms with Crippen molar-refractivity contribution in [2.45, 2.75) is 45.8 Å². The van der Waals surface area contributed by atoms with E-state index in [1.54, 1.807) is 14.1 Å². The van der Waals surface area contributed by atoms with Gasteiger partial charge in [0, 0.05) is 57.2 Å².